The number of rotatable bonds is 5. The summed E-state index contributed by atoms with van der Waals surface area (Å²) in [7, 11) is 0. The highest BCUT2D eigenvalue weighted by Gasteiger charge is 2.51. The molecule has 2 saturated heterocycles. The Bertz CT molecular complexity index is 482. The molecule has 24 heavy (non-hydrogen) atoms. The van der Waals surface area contributed by atoms with Crippen LogP contribution in [0.1, 0.15) is 59.3 Å². The molecule has 0 N–H and O–H groups in total. The summed E-state index contributed by atoms with van der Waals surface area (Å²) in [6.07, 6.45) is 3.35. The maximum absolute atomic E-state index is 12.7. The summed E-state index contributed by atoms with van der Waals surface area (Å²) >= 11 is 0. The van der Waals surface area contributed by atoms with Crippen LogP contribution in [0.5, 0.6) is 0 Å². The van der Waals surface area contributed by atoms with Crippen molar-refractivity contribution in [2.75, 3.05) is 13.2 Å². The highest BCUT2D eigenvalue weighted by atomic mass is 16.6. The van der Waals surface area contributed by atoms with Crippen LogP contribution < -0.4 is 0 Å². The Hall–Kier alpha value is -1.79. The van der Waals surface area contributed by atoms with E-state index >= 15 is 0 Å². The van der Waals surface area contributed by atoms with E-state index in [0.29, 0.717) is 19.3 Å². The summed E-state index contributed by atoms with van der Waals surface area (Å²) < 4.78 is 10.3. The lowest BCUT2D eigenvalue weighted by atomic mass is 9.89. The molecule has 3 aliphatic rings. The molecule has 0 aromatic carbocycles. The van der Waals surface area contributed by atoms with Gasteiger partial charge >= 0.3 is 12.2 Å². The maximum Gasteiger partial charge on any atom is 0.429 e. The van der Waals surface area contributed by atoms with Crippen LogP contribution in [0, 0.1) is 5.92 Å². The third kappa shape index (κ3) is 3.65. The number of amides is 2. The molecule has 1 aliphatic carbocycles. The second-order valence-corrected chi connectivity index (χ2v) is 6.32. The van der Waals surface area contributed by atoms with Gasteiger partial charge in [0, 0.05) is 6.42 Å². The predicted octanol–water partition coefficient (Wildman–Crippen LogP) is 3.13. The standard InChI is InChI=1S/C17H28N2O5/c1-4-7-8-12-11-15(20)14-10-9-13(12)18(16(21)23-5-2)19(14)17(22)24-6-3/h12-14H,4-11H2,1-3H3/t12?,13-,14+/m1/s1. The molecule has 0 radical (unpaired) electrons. The van der Waals surface area contributed by atoms with Crippen molar-refractivity contribution in [3.05, 3.63) is 0 Å². The van der Waals surface area contributed by atoms with Gasteiger partial charge in [-0.3, -0.25) is 4.79 Å². The summed E-state index contributed by atoms with van der Waals surface area (Å²) in [6, 6.07) is -0.820. The van der Waals surface area contributed by atoms with Crippen LogP contribution in [0.15, 0.2) is 0 Å². The van der Waals surface area contributed by atoms with Crippen LogP contribution in [0.3, 0.4) is 0 Å². The van der Waals surface area contributed by atoms with Crippen molar-refractivity contribution < 1.29 is 23.9 Å². The third-order valence-electron chi connectivity index (χ3n) is 4.79. The Labute approximate surface area is 143 Å². The minimum atomic E-state index is -0.648. The zero-order valence-corrected chi connectivity index (χ0v) is 14.8. The fourth-order valence-corrected chi connectivity index (χ4v) is 3.72. The minimum Gasteiger partial charge on any atom is -0.448 e. The summed E-state index contributed by atoms with van der Waals surface area (Å²) in [5.74, 6) is 0.0738. The third-order valence-corrected chi connectivity index (χ3v) is 4.79. The number of hydrogen-bond donors (Lipinski definition) is 0. The van der Waals surface area contributed by atoms with E-state index in [9.17, 15) is 14.4 Å². The highest BCUT2D eigenvalue weighted by molar-refractivity contribution is 5.89. The van der Waals surface area contributed by atoms with Gasteiger partial charge < -0.3 is 9.47 Å². The molecule has 2 heterocycles. The number of hydrogen-bond acceptors (Lipinski definition) is 5. The van der Waals surface area contributed by atoms with Gasteiger partial charge in [0.25, 0.3) is 0 Å². The number of ketones is 1. The molecule has 7 nitrogen and oxygen atoms in total. The van der Waals surface area contributed by atoms with Gasteiger partial charge in [-0.2, -0.15) is 0 Å². The monoisotopic (exact) mass is 340 g/mol. The smallest absolute Gasteiger partial charge is 0.429 e. The topological polar surface area (TPSA) is 76.2 Å². The Morgan fingerprint density at radius 2 is 1.67 bits per heavy atom. The first-order chi connectivity index (χ1) is 11.5. The van der Waals surface area contributed by atoms with Crippen LogP contribution in [0.4, 0.5) is 9.59 Å². The van der Waals surface area contributed by atoms with Gasteiger partial charge in [-0.1, -0.05) is 19.8 Å². The Balaban J connectivity index is 2.36. The van der Waals surface area contributed by atoms with Gasteiger partial charge in [-0.15, -0.1) is 0 Å². The van der Waals surface area contributed by atoms with Crippen LogP contribution in [0.25, 0.3) is 0 Å². The van der Waals surface area contributed by atoms with E-state index in [1.54, 1.807) is 13.8 Å². The molecule has 0 spiro atoms. The normalized spacial score (nSPS) is 26.3. The number of carbonyl (C=O) groups excluding carboxylic acids is 3. The van der Waals surface area contributed by atoms with Crippen molar-refractivity contribution in [2.24, 2.45) is 5.92 Å². The first-order valence-corrected chi connectivity index (χ1v) is 8.99. The van der Waals surface area contributed by atoms with E-state index in [0.717, 1.165) is 19.3 Å². The van der Waals surface area contributed by atoms with Gasteiger partial charge in [-0.05, 0) is 39.0 Å². The van der Waals surface area contributed by atoms with Crippen molar-refractivity contribution >= 4 is 18.0 Å². The molecule has 0 aromatic heterocycles. The molecule has 1 saturated carbocycles. The molecular formula is C17H28N2O5. The molecule has 136 valence electrons. The lowest BCUT2D eigenvalue weighted by molar-refractivity contribution is -0.132. The molecule has 0 aromatic rings. The second kappa shape index (κ2) is 8.35. The van der Waals surface area contributed by atoms with E-state index in [1.807, 2.05) is 0 Å². The van der Waals surface area contributed by atoms with Gasteiger partial charge in [-0.25, -0.2) is 19.6 Å². The predicted molar refractivity (Wildman–Crippen MR) is 87.2 cm³/mol. The quantitative estimate of drug-likeness (QED) is 0.768. The number of ether oxygens (including phenoxy) is 2. The minimum absolute atomic E-state index is 0.0125. The number of carbonyl (C=O) groups is 3. The molecule has 1 unspecified atom stereocenters. The van der Waals surface area contributed by atoms with Crippen molar-refractivity contribution in [3.63, 3.8) is 0 Å². The van der Waals surface area contributed by atoms with E-state index in [2.05, 4.69) is 6.92 Å². The zero-order chi connectivity index (χ0) is 17.7. The Morgan fingerprint density at radius 3 is 2.25 bits per heavy atom. The number of fused-ring (bicyclic) bond motifs is 4. The fraction of sp³-hybridized carbons (Fsp3) is 0.824. The Morgan fingerprint density at radius 1 is 1.04 bits per heavy atom. The van der Waals surface area contributed by atoms with Crippen LogP contribution in [-0.2, 0) is 14.3 Å². The van der Waals surface area contributed by atoms with E-state index in [1.165, 1.54) is 10.0 Å². The lowest BCUT2D eigenvalue weighted by Gasteiger charge is -2.45. The summed E-state index contributed by atoms with van der Waals surface area (Å²) in [5.41, 5.74) is 0. The molecule has 2 amide bonds. The first-order valence-electron chi connectivity index (χ1n) is 8.99. The second-order valence-electron chi connectivity index (χ2n) is 6.32. The summed E-state index contributed by atoms with van der Waals surface area (Å²) in [6.45, 7) is 5.94. The van der Waals surface area contributed by atoms with Crippen molar-refractivity contribution in [1.29, 1.82) is 0 Å². The number of nitrogens with zero attached hydrogens (tertiary/aromatic N) is 2. The average Bonchev–Trinajstić information content (AvgIpc) is 2.78. The fourth-order valence-electron chi connectivity index (χ4n) is 3.72. The summed E-state index contributed by atoms with van der Waals surface area (Å²) in [4.78, 5) is 37.6. The Kier molecular flexibility index (Phi) is 6.45. The molecule has 3 atom stereocenters. The van der Waals surface area contributed by atoms with Crippen LogP contribution in [0.2, 0.25) is 0 Å². The molecule has 3 rings (SSSR count). The molecule has 2 aliphatic heterocycles. The van der Waals surface area contributed by atoms with Crippen LogP contribution in [-0.4, -0.2) is 53.3 Å². The molecule has 7 heteroatoms. The number of Topliss-reactive ketones (excluding diaryl/α,β-unsaturated/α-hetero) is 1. The highest BCUT2D eigenvalue weighted by Crippen LogP contribution is 2.38. The number of unbranched alkanes of at least 4 members (excludes halogenated alkanes) is 1. The largest absolute Gasteiger partial charge is 0.448 e. The van der Waals surface area contributed by atoms with Crippen molar-refractivity contribution in [3.8, 4) is 0 Å². The van der Waals surface area contributed by atoms with Crippen molar-refractivity contribution in [1.82, 2.24) is 10.0 Å². The van der Waals surface area contributed by atoms with Crippen molar-refractivity contribution in [2.45, 2.75) is 71.4 Å². The molecular weight excluding hydrogens is 312 g/mol. The van der Waals surface area contributed by atoms with E-state index < -0.39 is 18.2 Å². The molecule has 3 fully saturated rings. The lowest BCUT2D eigenvalue weighted by Crippen LogP contribution is -2.62. The molecule has 2 bridgehead atoms. The van der Waals surface area contributed by atoms with Gasteiger partial charge in [0.1, 0.15) is 6.04 Å². The maximum atomic E-state index is 12.7. The van der Waals surface area contributed by atoms with Gasteiger partial charge in [0.15, 0.2) is 5.78 Å². The average molecular weight is 340 g/mol. The summed E-state index contributed by atoms with van der Waals surface area (Å²) in [5, 5.41) is 2.57. The van der Waals surface area contributed by atoms with E-state index in [-0.39, 0.29) is 31.0 Å². The first kappa shape index (κ1) is 18.5. The zero-order valence-electron chi connectivity index (χ0n) is 14.8. The van der Waals surface area contributed by atoms with Crippen LogP contribution >= 0.6 is 0 Å². The SMILES string of the molecule is CCCCC1CC(=O)[C@@H]2CC[C@H]1N(C(=O)OCC)N2C(=O)OCC. The van der Waals surface area contributed by atoms with E-state index in [4.69, 9.17) is 9.47 Å². The van der Waals surface area contributed by atoms with Gasteiger partial charge in [0.2, 0.25) is 0 Å². The number of hydrazine groups is 1. The van der Waals surface area contributed by atoms with Gasteiger partial charge in [0.05, 0.1) is 19.3 Å².